The summed E-state index contributed by atoms with van der Waals surface area (Å²) < 4.78 is 6.63. The number of halogens is 2. The van der Waals surface area contributed by atoms with Crippen molar-refractivity contribution < 1.29 is 9.53 Å². The lowest BCUT2D eigenvalue weighted by Gasteiger charge is -2.16. The van der Waals surface area contributed by atoms with Crippen LogP contribution in [0.1, 0.15) is 6.42 Å². The molecule has 1 fully saturated rings. The Morgan fingerprint density at radius 1 is 1.42 bits per heavy atom. The second kappa shape index (κ2) is 7.91. The first-order valence-electron chi connectivity index (χ1n) is 6.05. The highest BCUT2D eigenvalue weighted by atomic mass is 127. The minimum absolute atomic E-state index is 0. The van der Waals surface area contributed by atoms with Crippen molar-refractivity contribution in [1.29, 1.82) is 0 Å². The Bertz CT molecular complexity index is 414. The quantitative estimate of drug-likeness (QED) is 0.791. The number of ether oxygens (including phenoxy) is 1. The largest absolute Gasteiger partial charge is 0.484 e. The Balaban J connectivity index is 0.00000180. The van der Waals surface area contributed by atoms with Crippen molar-refractivity contribution in [2.75, 3.05) is 26.2 Å². The maximum absolute atomic E-state index is 11.9. The first kappa shape index (κ1) is 16.5. The molecule has 1 unspecified atom stereocenters. The van der Waals surface area contributed by atoms with Gasteiger partial charge < -0.3 is 15.4 Å². The van der Waals surface area contributed by atoms with Gasteiger partial charge >= 0.3 is 0 Å². The first-order valence-corrected chi connectivity index (χ1v) is 7.13. The average molecular weight is 397 g/mol. The average Bonchev–Trinajstić information content (AvgIpc) is 2.86. The zero-order valence-electron chi connectivity index (χ0n) is 10.5. The molecule has 0 aliphatic carbocycles. The molecule has 1 heterocycles. The molecule has 2 N–H and O–H groups in total. The molecule has 106 valence electrons. The number of likely N-dealkylation sites (tertiary alicyclic amines) is 1. The molecule has 1 aromatic rings. The standard InChI is InChI=1S/C13H17IN2O2.ClH/c14-11-1-3-12(4-2-11)18-9-13(17)16-6-5-10(7-15)8-16;/h1-4,10H,5-9,15H2;1H. The molecule has 0 bridgehead atoms. The molecule has 0 spiro atoms. The molecule has 1 aromatic carbocycles. The van der Waals surface area contributed by atoms with Gasteiger partial charge in [0.2, 0.25) is 0 Å². The van der Waals surface area contributed by atoms with Gasteiger partial charge in [-0.25, -0.2) is 0 Å². The summed E-state index contributed by atoms with van der Waals surface area (Å²) in [6.45, 7) is 2.34. The fourth-order valence-electron chi connectivity index (χ4n) is 2.02. The van der Waals surface area contributed by atoms with Crippen molar-refractivity contribution in [2.24, 2.45) is 11.7 Å². The Morgan fingerprint density at radius 2 is 2.11 bits per heavy atom. The van der Waals surface area contributed by atoms with E-state index in [4.69, 9.17) is 10.5 Å². The van der Waals surface area contributed by atoms with Crippen LogP contribution in [0.3, 0.4) is 0 Å². The lowest BCUT2D eigenvalue weighted by molar-refractivity contribution is -0.132. The monoisotopic (exact) mass is 396 g/mol. The van der Waals surface area contributed by atoms with Gasteiger partial charge in [-0.05, 0) is 65.7 Å². The van der Waals surface area contributed by atoms with E-state index in [1.54, 1.807) is 0 Å². The summed E-state index contributed by atoms with van der Waals surface area (Å²) in [5, 5.41) is 0. The predicted molar refractivity (Wildman–Crippen MR) is 85.6 cm³/mol. The second-order valence-corrected chi connectivity index (χ2v) is 5.72. The Kier molecular flexibility index (Phi) is 6.88. The second-order valence-electron chi connectivity index (χ2n) is 4.47. The summed E-state index contributed by atoms with van der Waals surface area (Å²) in [7, 11) is 0. The number of carbonyl (C=O) groups excluding carboxylic acids is 1. The van der Waals surface area contributed by atoms with E-state index in [2.05, 4.69) is 22.6 Å². The minimum atomic E-state index is 0. The van der Waals surface area contributed by atoms with Gasteiger partial charge in [0.1, 0.15) is 5.75 Å². The van der Waals surface area contributed by atoms with Gasteiger partial charge in [0.05, 0.1) is 0 Å². The fourth-order valence-corrected chi connectivity index (χ4v) is 2.38. The van der Waals surface area contributed by atoms with Crippen molar-refractivity contribution >= 4 is 40.9 Å². The van der Waals surface area contributed by atoms with Crippen LogP contribution >= 0.6 is 35.0 Å². The molecule has 1 aliphatic rings. The van der Waals surface area contributed by atoms with E-state index in [0.29, 0.717) is 12.5 Å². The highest BCUT2D eigenvalue weighted by Crippen LogP contribution is 2.16. The van der Waals surface area contributed by atoms with Crippen LogP contribution in [0.2, 0.25) is 0 Å². The van der Waals surface area contributed by atoms with Crippen LogP contribution in [0.15, 0.2) is 24.3 Å². The maximum Gasteiger partial charge on any atom is 0.260 e. The molecule has 1 amide bonds. The molecule has 0 saturated carbocycles. The predicted octanol–water partition coefficient (Wildman–Crippen LogP) is 1.90. The molecule has 19 heavy (non-hydrogen) atoms. The van der Waals surface area contributed by atoms with Crippen molar-refractivity contribution in [3.63, 3.8) is 0 Å². The van der Waals surface area contributed by atoms with Crippen LogP contribution in [0.5, 0.6) is 5.75 Å². The number of benzene rings is 1. The van der Waals surface area contributed by atoms with Crippen molar-refractivity contribution in [3.8, 4) is 5.75 Å². The third-order valence-electron chi connectivity index (χ3n) is 3.15. The van der Waals surface area contributed by atoms with Gasteiger partial charge in [0, 0.05) is 16.7 Å². The third kappa shape index (κ3) is 4.81. The van der Waals surface area contributed by atoms with Gasteiger partial charge in [-0.15, -0.1) is 12.4 Å². The maximum atomic E-state index is 11.9. The first-order chi connectivity index (χ1) is 8.69. The van der Waals surface area contributed by atoms with Crippen molar-refractivity contribution in [3.05, 3.63) is 27.8 Å². The molecule has 2 rings (SSSR count). The number of nitrogens with zero attached hydrogens (tertiary/aromatic N) is 1. The van der Waals surface area contributed by atoms with Crippen LogP contribution in [-0.4, -0.2) is 37.0 Å². The van der Waals surface area contributed by atoms with Crippen molar-refractivity contribution in [1.82, 2.24) is 4.90 Å². The zero-order valence-corrected chi connectivity index (χ0v) is 13.5. The molecular formula is C13H18ClIN2O2. The van der Waals surface area contributed by atoms with Gasteiger partial charge in [-0.1, -0.05) is 0 Å². The Labute approximate surface area is 133 Å². The van der Waals surface area contributed by atoms with Crippen LogP contribution < -0.4 is 10.5 Å². The van der Waals surface area contributed by atoms with Gasteiger partial charge in [-0.3, -0.25) is 4.79 Å². The van der Waals surface area contributed by atoms with E-state index in [1.165, 1.54) is 0 Å². The van der Waals surface area contributed by atoms with E-state index in [-0.39, 0.29) is 24.9 Å². The van der Waals surface area contributed by atoms with E-state index in [1.807, 2.05) is 29.2 Å². The lowest BCUT2D eigenvalue weighted by Crippen LogP contribution is -2.33. The van der Waals surface area contributed by atoms with Gasteiger partial charge in [0.25, 0.3) is 5.91 Å². The number of hydrogen-bond acceptors (Lipinski definition) is 3. The zero-order chi connectivity index (χ0) is 13.0. The summed E-state index contributed by atoms with van der Waals surface area (Å²) in [6, 6.07) is 7.67. The number of carbonyl (C=O) groups is 1. The normalized spacial score (nSPS) is 18.0. The Hall–Kier alpha value is -0.530. The highest BCUT2D eigenvalue weighted by molar-refractivity contribution is 14.1. The lowest BCUT2D eigenvalue weighted by atomic mass is 10.1. The summed E-state index contributed by atoms with van der Waals surface area (Å²) >= 11 is 2.23. The summed E-state index contributed by atoms with van der Waals surface area (Å²) in [6.07, 6.45) is 1.01. The number of nitrogens with two attached hydrogens (primary N) is 1. The third-order valence-corrected chi connectivity index (χ3v) is 3.87. The molecule has 4 nitrogen and oxygen atoms in total. The van der Waals surface area contributed by atoms with Crippen LogP contribution in [0.4, 0.5) is 0 Å². The van der Waals surface area contributed by atoms with E-state index in [0.717, 1.165) is 28.8 Å². The number of rotatable bonds is 4. The van der Waals surface area contributed by atoms with Gasteiger partial charge in [-0.2, -0.15) is 0 Å². The van der Waals surface area contributed by atoms with Crippen molar-refractivity contribution in [2.45, 2.75) is 6.42 Å². The van der Waals surface area contributed by atoms with E-state index >= 15 is 0 Å². The molecule has 0 radical (unpaired) electrons. The van der Waals surface area contributed by atoms with E-state index < -0.39 is 0 Å². The van der Waals surface area contributed by atoms with Gasteiger partial charge in [0.15, 0.2) is 6.61 Å². The molecule has 1 aliphatic heterocycles. The van der Waals surface area contributed by atoms with E-state index in [9.17, 15) is 4.79 Å². The molecule has 6 heteroatoms. The molecular weight excluding hydrogens is 379 g/mol. The molecule has 0 aromatic heterocycles. The van der Waals surface area contributed by atoms with Crippen LogP contribution in [0.25, 0.3) is 0 Å². The smallest absolute Gasteiger partial charge is 0.260 e. The summed E-state index contributed by atoms with van der Waals surface area (Å²) in [5.41, 5.74) is 5.61. The SMILES string of the molecule is Cl.NCC1CCN(C(=O)COc2ccc(I)cc2)C1. The highest BCUT2D eigenvalue weighted by Gasteiger charge is 2.25. The topological polar surface area (TPSA) is 55.6 Å². The molecule has 1 atom stereocenters. The molecule has 1 saturated heterocycles. The van der Waals surface area contributed by atoms with Crippen LogP contribution in [0, 0.1) is 9.49 Å². The minimum Gasteiger partial charge on any atom is -0.484 e. The number of amides is 1. The Morgan fingerprint density at radius 3 is 2.68 bits per heavy atom. The number of hydrogen-bond donors (Lipinski definition) is 1. The fraction of sp³-hybridized carbons (Fsp3) is 0.462. The van der Waals surface area contributed by atoms with Crippen LogP contribution in [-0.2, 0) is 4.79 Å². The summed E-state index contributed by atoms with van der Waals surface area (Å²) in [4.78, 5) is 13.7. The summed E-state index contributed by atoms with van der Waals surface area (Å²) in [5.74, 6) is 1.23.